The molecule has 0 spiro atoms. The Kier molecular flexibility index (Phi) is 3.90. The lowest BCUT2D eigenvalue weighted by molar-refractivity contribution is 0.0622. The van der Waals surface area contributed by atoms with Crippen LogP contribution in [0.15, 0.2) is 22.8 Å². The summed E-state index contributed by atoms with van der Waals surface area (Å²) in [6, 6.07) is 3.62. The lowest BCUT2D eigenvalue weighted by Gasteiger charge is -2.22. The molecule has 1 amide bonds. The van der Waals surface area contributed by atoms with Crippen molar-refractivity contribution in [2.75, 3.05) is 13.2 Å². The average molecular weight is 285 g/mol. The van der Waals surface area contributed by atoms with Crippen molar-refractivity contribution in [1.82, 2.24) is 10.3 Å². The van der Waals surface area contributed by atoms with Crippen molar-refractivity contribution in [3.05, 3.63) is 28.5 Å². The molecule has 1 aromatic rings. The van der Waals surface area contributed by atoms with Gasteiger partial charge in [0.2, 0.25) is 0 Å². The van der Waals surface area contributed by atoms with Gasteiger partial charge in [-0.15, -0.1) is 0 Å². The van der Waals surface area contributed by atoms with Crippen LogP contribution in [0.2, 0.25) is 0 Å². The average Bonchev–Trinajstić information content (AvgIpc) is 2.31. The number of halogens is 1. The molecule has 1 saturated heterocycles. The second kappa shape index (κ2) is 5.41. The molecule has 16 heavy (non-hydrogen) atoms. The van der Waals surface area contributed by atoms with Crippen molar-refractivity contribution in [2.24, 2.45) is 0 Å². The quantitative estimate of drug-likeness (QED) is 0.900. The van der Waals surface area contributed by atoms with E-state index in [2.05, 4.69) is 26.2 Å². The van der Waals surface area contributed by atoms with Crippen LogP contribution < -0.4 is 5.32 Å². The Morgan fingerprint density at radius 2 is 2.44 bits per heavy atom. The zero-order valence-corrected chi connectivity index (χ0v) is 10.4. The van der Waals surface area contributed by atoms with Gasteiger partial charge >= 0.3 is 0 Å². The number of pyridine rings is 1. The van der Waals surface area contributed by atoms with Gasteiger partial charge < -0.3 is 10.1 Å². The summed E-state index contributed by atoms with van der Waals surface area (Å²) in [6.45, 7) is 1.39. The summed E-state index contributed by atoms with van der Waals surface area (Å²) >= 11 is 3.28. The smallest absolute Gasteiger partial charge is 0.270 e. The van der Waals surface area contributed by atoms with Crippen molar-refractivity contribution in [1.29, 1.82) is 0 Å². The summed E-state index contributed by atoms with van der Waals surface area (Å²) in [5, 5.41) is 2.91. The van der Waals surface area contributed by atoms with Crippen molar-refractivity contribution in [2.45, 2.75) is 18.9 Å². The second-order valence-electron chi connectivity index (χ2n) is 3.75. The van der Waals surface area contributed by atoms with E-state index in [1.54, 1.807) is 18.3 Å². The maximum Gasteiger partial charge on any atom is 0.270 e. The van der Waals surface area contributed by atoms with Gasteiger partial charge in [0.1, 0.15) is 5.69 Å². The summed E-state index contributed by atoms with van der Waals surface area (Å²) in [6.07, 6.45) is 3.59. The van der Waals surface area contributed by atoms with E-state index in [9.17, 15) is 4.79 Å². The van der Waals surface area contributed by atoms with E-state index in [4.69, 9.17) is 4.74 Å². The van der Waals surface area contributed by atoms with Crippen molar-refractivity contribution in [3.63, 3.8) is 0 Å². The molecule has 0 saturated carbocycles. The van der Waals surface area contributed by atoms with Crippen LogP contribution in [-0.2, 0) is 4.74 Å². The van der Waals surface area contributed by atoms with Crippen LogP contribution in [-0.4, -0.2) is 30.1 Å². The molecule has 1 atom stereocenters. The lowest BCUT2D eigenvalue weighted by Crippen LogP contribution is -2.40. The van der Waals surface area contributed by atoms with E-state index in [0.717, 1.165) is 23.9 Å². The summed E-state index contributed by atoms with van der Waals surface area (Å²) in [5.74, 6) is -0.136. The van der Waals surface area contributed by atoms with Crippen LogP contribution in [0.5, 0.6) is 0 Å². The molecule has 0 radical (unpaired) electrons. The van der Waals surface area contributed by atoms with E-state index < -0.39 is 0 Å². The minimum atomic E-state index is -0.136. The van der Waals surface area contributed by atoms with Crippen LogP contribution in [0.4, 0.5) is 0 Å². The highest BCUT2D eigenvalue weighted by atomic mass is 79.9. The molecule has 0 bridgehead atoms. The highest BCUT2D eigenvalue weighted by Gasteiger charge is 2.17. The number of aromatic nitrogens is 1. The predicted molar refractivity (Wildman–Crippen MR) is 63.2 cm³/mol. The van der Waals surface area contributed by atoms with Gasteiger partial charge in [-0.3, -0.25) is 4.79 Å². The molecule has 1 aliphatic heterocycles. The highest BCUT2D eigenvalue weighted by Crippen LogP contribution is 2.09. The maximum absolute atomic E-state index is 11.8. The number of hydrogen-bond acceptors (Lipinski definition) is 3. The van der Waals surface area contributed by atoms with Gasteiger partial charge in [-0.25, -0.2) is 4.98 Å². The predicted octanol–water partition coefficient (Wildman–Crippen LogP) is 1.75. The molecule has 2 rings (SSSR count). The number of carbonyl (C=O) groups is 1. The van der Waals surface area contributed by atoms with Crippen molar-refractivity contribution >= 4 is 21.8 Å². The van der Waals surface area contributed by atoms with Crippen molar-refractivity contribution < 1.29 is 9.53 Å². The first-order chi connectivity index (χ1) is 7.75. The second-order valence-corrected chi connectivity index (χ2v) is 4.66. The number of hydrogen-bond donors (Lipinski definition) is 1. The molecular formula is C11H13BrN2O2. The van der Waals surface area contributed by atoms with Gasteiger partial charge in [0.05, 0.1) is 12.6 Å². The first-order valence-corrected chi connectivity index (χ1v) is 6.05. The molecule has 4 nitrogen and oxygen atoms in total. The molecule has 1 aromatic heterocycles. The summed E-state index contributed by atoms with van der Waals surface area (Å²) < 4.78 is 6.16. The SMILES string of the molecule is O=C(NC1CCCOC1)c1ccc(Br)cn1. The molecule has 2 heterocycles. The third-order valence-electron chi connectivity index (χ3n) is 2.46. The Balaban J connectivity index is 1.94. The van der Waals surface area contributed by atoms with Gasteiger partial charge in [-0.1, -0.05) is 0 Å². The fourth-order valence-corrected chi connectivity index (χ4v) is 1.86. The van der Waals surface area contributed by atoms with E-state index in [-0.39, 0.29) is 11.9 Å². The van der Waals surface area contributed by atoms with Crippen LogP contribution in [0.3, 0.4) is 0 Å². The summed E-state index contributed by atoms with van der Waals surface area (Å²) in [5.41, 5.74) is 0.439. The Morgan fingerprint density at radius 1 is 1.56 bits per heavy atom. The normalized spacial score (nSPS) is 20.4. The number of ether oxygens (including phenoxy) is 1. The Labute approximate surface area is 103 Å². The topological polar surface area (TPSA) is 51.2 Å². The van der Waals surface area contributed by atoms with E-state index in [0.29, 0.717) is 12.3 Å². The minimum Gasteiger partial charge on any atom is -0.379 e. The van der Waals surface area contributed by atoms with Gasteiger partial charge in [-0.2, -0.15) is 0 Å². The molecule has 0 aromatic carbocycles. The minimum absolute atomic E-state index is 0.117. The molecule has 1 unspecified atom stereocenters. The Hall–Kier alpha value is -0.940. The molecule has 1 fully saturated rings. The zero-order chi connectivity index (χ0) is 11.4. The van der Waals surface area contributed by atoms with Gasteiger partial charge in [0.25, 0.3) is 5.91 Å². The number of nitrogens with one attached hydrogen (secondary N) is 1. The Morgan fingerprint density at radius 3 is 3.06 bits per heavy atom. The zero-order valence-electron chi connectivity index (χ0n) is 8.78. The Bertz CT molecular complexity index is 361. The van der Waals surface area contributed by atoms with Crippen molar-refractivity contribution in [3.8, 4) is 0 Å². The fourth-order valence-electron chi connectivity index (χ4n) is 1.62. The number of carbonyl (C=O) groups excluding carboxylic acids is 1. The highest BCUT2D eigenvalue weighted by molar-refractivity contribution is 9.10. The summed E-state index contributed by atoms with van der Waals surface area (Å²) in [4.78, 5) is 15.8. The summed E-state index contributed by atoms with van der Waals surface area (Å²) in [7, 11) is 0. The third-order valence-corrected chi connectivity index (χ3v) is 2.92. The molecule has 5 heteroatoms. The van der Waals surface area contributed by atoms with Crippen LogP contribution >= 0.6 is 15.9 Å². The molecule has 86 valence electrons. The van der Waals surface area contributed by atoms with Crippen LogP contribution in [0.1, 0.15) is 23.3 Å². The number of rotatable bonds is 2. The molecular weight excluding hydrogens is 272 g/mol. The molecule has 1 N–H and O–H groups in total. The standard InChI is InChI=1S/C11H13BrN2O2/c12-8-3-4-10(13-6-8)11(15)14-9-2-1-5-16-7-9/h3-4,6,9H,1-2,5,7H2,(H,14,15). The van der Waals surface area contributed by atoms with E-state index in [1.807, 2.05) is 0 Å². The fraction of sp³-hybridized carbons (Fsp3) is 0.455. The van der Waals surface area contributed by atoms with Crippen LogP contribution in [0.25, 0.3) is 0 Å². The monoisotopic (exact) mass is 284 g/mol. The first-order valence-electron chi connectivity index (χ1n) is 5.26. The lowest BCUT2D eigenvalue weighted by atomic mass is 10.1. The van der Waals surface area contributed by atoms with E-state index in [1.165, 1.54) is 0 Å². The van der Waals surface area contributed by atoms with Crippen LogP contribution in [0, 0.1) is 0 Å². The van der Waals surface area contributed by atoms with E-state index >= 15 is 0 Å². The third kappa shape index (κ3) is 3.02. The largest absolute Gasteiger partial charge is 0.379 e. The molecule has 1 aliphatic rings. The van der Waals surface area contributed by atoms with Gasteiger partial charge in [0.15, 0.2) is 0 Å². The van der Waals surface area contributed by atoms with Gasteiger partial charge in [-0.05, 0) is 40.9 Å². The van der Waals surface area contributed by atoms with Gasteiger partial charge in [0, 0.05) is 17.3 Å². The number of nitrogens with zero attached hydrogens (tertiary/aromatic N) is 1. The molecule has 0 aliphatic carbocycles. The maximum atomic E-state index is 11.8. The first kappa shape index (κ1) is 11.5. The number of amides is 1.